The quantitative estimate of drug-likeness (QED) is 0.312. The number of hydrogen-bond donors (Lipinski definition) is 2. The van der Waals surface area contributed by atoms with E-state index < -0.39 is 5.91 Å². The van der Waals surface area contributed by atoms with Gasteiger partial charge in [-0.2, -0.15) is 0 Å². The third-order valence-electron chi connectivity index (χ3n) is 6.75. The average molecular weight is 485 g/mol. The van der Waals surface area contributed by atoms with Crippen LogP contribution in [-0.2, 0) is 35.6 Å². The number of carbonyl (C=O) groups is 2. The second-order valence-corrected chi connectivity index (χ2v) is 9.04. The van der Waals surface area contributed by atoms with E-state index in [4.69, 9.17) is 9.47 Å². The number of nitrogens with zero attached hydrogens (tertiary/aromatic N) is 2. The summed E-state index contributed by atoms with van der Waals surface area (Å²) in [5.74, 6) is 1.43. The Balaban J connectivity index is 1.49. The van der Waals surface area contributed by atoms with Crippen LogP contribution in [0.1, 0.15) is 40.2 Å². The van der Waals surface area contributed by atoms with Crippen LogP contribution in [0.25, 0.3) is 0 Å². The summed E-state index contributed by atoms with van der Waals surface area (Å²) in [6.45, 7) is 2.34. The topological polar surface area (TPSA) is 99.5 Å². The van der Waals surface area contributed by atoms with Gasteiger partial charge in [-0.25, -0.2) is 0 Å². The molecule has 0 bridgehead atoms. The Labute approximate surface area is 207 Å². The van der Waals surface area contributed by atoms with Crippen LogP contribution >= 0.6 is 0 Å². The van der Waals surface area contributed by atoms with E-state index in [2.05, 4.69) is 24.1 Å². The van der Waals surface area contributed by atoms with Gasteiger partial charge in [0.2, 0.25) is 6.29 Å². The number of carbonyl (C=O) groups excluding carboxylic acids is 2. The first-order valence-electron chi connectivity index (χ1n) is 11.9. The molecule has 0 fully saturated rings. The average Bonchev–Trinajstić information content (AvgIpc) is 2.88. The largest absolute Gasteiger partial charge is 0.493 e. The molecule has 0 aliphatic heterocycles. The van der Waals surface area contributed by atoms with Crippen molar-refractivity contribution in [3.8, 4) is 11.5 Å². The smallest absolute Gasteiger partial charge is 0.286 e. The molecule has 1 aliphatic rings. The van der Waals surface area contributed by atoms with Gasteiger partial charge in [0.25, 0.3) is 5.91 Å². The Kier molecular flexibility index (Phi) is 9.65. The zero-order valence-corrected chi connectivity index (χ0v) is 20.8. The van der Waals surface area contributed by atoms with Crippen molar-refractivity contribution in [2.45, 2.75) is 38.4 Å². The number of aliphatic hydroxyl groups is 2. The highest BCUT2D eigenvalue weighted by molar-refractivity contribution is 6.23. The molecule has 0 aromatic heterocycles. The number of aldehydes is 1. The summed E-state index contributed by atoms with van der Waals surface area (Å²) in [4.78, 5) is 27.2. The first-order valence-corrected chi connectivity index (χ1v) is 11.9. The van der Waals surface area contributed by atoms with Crippen molar-refractivity contribution < 1.29 is 29.3 Å². The molecule has 0 radical (unpaired) electrons. The number of benzene rings is 2. The van der Waals surface area contributed by atoms with E-state index >= 15 is 0 Å². The molecule has 0 saturated carbocycles. The summed E-state index contributed by atoms with van der Waals surface area (Å²) in [5.41, 5.74) is 4.89. The van der Waals surface area contributed by atoms with Crippen LogP contribution in [0.5, 0.6) is 11.5 Å². The molecule has 0 saturated heterocycles. The SMILES string of the molecule is COc1cc2c(cc1OC)[C@@H](CN(C)CCCN(CCc1ccc(CO)c(CO)c1)C(=O)C=O)C2. The normalized spacial score (nSPS) is 14.3. The minimum absolute atomic E-state index is 0.131. The van der Waals surface area contributed by atoms with Gasteiger partial charge in [0.15, 0.2) is 11.5 Å². The van der Waals surface area contributed by atoms with Crippen LogP contribution in [0.15, 0.2) is 30.3 Å². The van der Waals surface area contributed by atoms with Crippen LogP contribution < -0.4 is 9.47 Å². The van der Waals surface area contributed by atoms with Gasteiger partial charge in [-0.3, -0.25) is 9.59 Å². The fourth-order valence-corrected chi connectivity index (χ4v) is 4.71. The molecule has 2 aromatic carbocycles. The summed E-state index contributed by atoms with van der Waals surface area (Å²) < 4.78 is 10.8. The number of likely N-dealkylation sites (N-methyl/N-ethyl adjacent to an activating group) is 1. The minimum Gasteiger partial charge on any atom is -0.493 e. The second-order valence-electron chi connectivity index (χ2n) is 9.04. The van der Waals surface area contributed by atoms with E-state index in [0.717, 1.165) is 43.0 Å². The van der Waals surface area contributed by atoms with Crippen molar-refractivity contribution in [1.82, 2.24) is 9.80 Å². The first kappa shape index (κ1) is 26.7. The molecular weight excluding hydrogens is 448 g/mol. The fourth-order valence-electron chi connectivity index (χ4n) is 4.71. The van der Waals surface area contributed by atoms with E-state index in [-0.39, 0.29) is 13.2 Å². The van der Waals surface area contributed by atoms with Gasteiger partial charge in [0.1, 0.15) is 0 Å². The van der Waals surface area contributed by atoms with Crippen LogP contribution in [0, 0.1) is 0 Å². The lowest BCUT2D eigenvalue weighted by atomic mass is 9.77. The number of ether oxygens (including phenoxy) is 2. The lowest BCUT2D eigenvalue weighted by molar-refractivity contribution is -0.138. The van der Waals surface area contributed by atoms with Gasteiger partial charge in [-0.15, -0.1) is 0 Å². The molecule has 1 atom stereocenters. The van der Waals surface area contributed by atoms with Crippen molar-refractivity contribution in [2.75, 3.05) is 47.4 Å². The van der Waals surface area contributed by atoms with E-state index in [1.165, 1.54) is 11.1 Å². The molecule has 2 N–H and O–H groups in total. The zero-order valence-electron chi connectivity index (χ0n) is 20.8. The van der Waals surface area contributed by atoms with Crippen molar-refractivity contribution in [1.29, 1.82) is 0 Å². The van der Waals surface area contributed by atoms with Crippen molar-refractivity contribution in [3.05, 3.63) is 58.1 Å². The molecular formula is C27H36N2O6. The third kappa shape index (κ3) is 6.60. The monoisotopic (exact) mass is 484 g/mol. The van der Waals surface area contributed by atoms with Gasteiger partial charge in [0.05, 0.1) is 27.4 Å². The van der Waals surface area contributed by atoms with Crippen molar-refractivity contribution >= 4 is 12.2 Å². The van der Waals surface area contributed by atoms with Gasteiger partial charge in [-0.05, 0) is 72.8 Å². The number of aliphatic hydroxyl groups excluding tert-OH is 2. The molecule has 2 aromatic rings. The summed E-state index contributed by atoms with van der Waals surface area (Å²) in [5, 5.41) is 18.9. The Morgan fingerprint density at radius 1 is 1.03 bits per heavy atom. The van der Waals surface area contributed by atoms with Crippen LogP contribution in [-0.4, -0.2) is 79.7 Å². The molecule has 0 spiro atoms. The Hall–Kier alpha value is -2.94. The highest BCUT2D eigenvalue weighted by Crippen LogP contribution is 2.42. The summed E-state index contributed by atoms with van der Waals surface area (Å²) in [6, 6.07) is 9.61. The van der Waals surface area contributed by atoms with E-state index in [1.807, 2.05) is 12.1 Å². The predicted octanol–water partition coefficient (Wildman–Crippen LogP) is 1.92. The molecule has 190 valence electrons. The predicted molar refractivity (Wildman–Crippen MR) is 133 cm³/mol. The zero-order chi connectivity index (χ0) is 25.4. The van der Waals surface area contributed by atoms with Crippen LogP contribution in [0.4, 0.5) is 0 Å². The van der Waals surface area contributed by atoms with Gasteiger partial charge < -0.3 is 29.5 Å². The first-order chi connectivity index (χ1) is 16.9. The maximum Gasteiger partial charge on any atom is 0.286 e. The Morgan fingerprint density at radius 3 is 2.40 bits per heavy atom. The number of hydrogen-bond acceptors (Lipinski definition) is 7. The second kappa shape index (κ2) is 12.7. The third-order valence-corrected chi connectivity index (χ3v) is 6.75. The molecule has 8 heteroatoms. The number of methoxy groups -OCH3 is 2. The van der Waals surface area contributed by atoms with E-state index in [9.17, 15) is 19.8 Å². The van der Waals surface area contributed by atoms with E-state index in [0.29, 0.717) is 42.8 Å². The number of fused-ring (bicyclic) bond motifs is 1. The summed E-state index contributed by atoms with van der Waals surface area (Å²) in [7, 11) is 5.36. The highest BCUT2D eigenvalue weighted by Gasteiger charge is 2.29. The van der Waals surface area contributed by atoms with Crippen LogP contribution in [0.2, 0.25) is 0 Å². The molecule has 0 unspecified atom stereocenters. The summed E-state index contributed by atoms with van der Waals surface area (Å²) in [6.07, 6.45) is 2.69. The van der Waals surface area contributed by atoms with Gasteiger partial charge >= 0.3 is 0 Å². The molecule has 8 nitrogen and oxygen atoms in total. The lowest BCUT2D eigenvalue weighted by Crippen LogP contribution is -2.37. The fraction of sp³-hybridized carbons (Fsp3) is 0.481. The van der Waals surface area contributed by atoms with Crippen LogP contribution in [0.3, 0.4) is 0 Å². The maximum absolute atomic E-state index is 12.2. The Bertz CT molecular complexity index is 1020. The van der Waals surface area contributed by atoms with Gasteiger partial charge in [-0.1, -0.05) is 18.2 Å². The van der Waals surface area contributed by atoms with Gasteiger partial charge in [0, 0.05) is 25.6 Å². The molecule has 3 rings (SSSR count). The van der Waals surface area contributed by atoms with E-state index in [1.54, 1.807) is 25.2 Å². The molecule has 1 amide bonds. The highest BCUT2D eigenvalue weighted by atomic mass is 16.5. The van der Waals surface area contributed by atoms with Crippen molar-refractivity contribution in [3.63, 3.8) is 0 Å². The standard InChI is InChI=1S/C27H36N2O6/c1-28(15-22-12-21-13-25(34-2)26(35-3)14-24(21)22)8-4-9-29(27(33)18-32)10-7-19-5-6-20(16-30)23(11-19)17-31/h5-6,11,13-14,18,22,30-31H,4,7-10,12,15-17H2,1-3H3/t22-/m1/s1. The Morgan fingerprint density at radius 2 is 1.74 bits per heavy atom. The molecule has 1 aliphatic carbocycles. The molecule has 0 heterocycles. The number of rotatable bonds is 14. The van der Waals surface area contributed by atoms with Crippen molar-refractivity contribution in [2.24, 2.45) is 0 Å². The lowest BCUT2D eigenvalue weighted by Gasteiger charge is -2.34. The minimum atomic E-state index is -0.518. The maximum atomic E-state index is 12.2. The number of amides is 1. The molecule has 35 heavy (non-hydrogen) atoms. The summed E-state index contributed by atoms with van der Waals surface area (Å²) >= 11 is 0.